The topological polar surface area (TPSA) is 53.1 Å². The van der Waals surface area contributed by atoms with Crippen molar-refractivity contribution in [1.29, 1.82) is 0 Å². The Morgan fingerprint density at radius 1 is 1.50 bits per heavy atom. The van der Waals surface area contributed by atoms with E-state index in [-0.39, 0.29) is 12.0 Å². The first-order valence-electron chi connectivity index (χ1n) is 6.91. The third kappa shape index (κ3) is 2.25. The molecule has 1 aliphatic heterocycles. The minimum Gasteiger partial charge on any atom is -0.493 e. The number of nitrogens with zero attached hydrogens (tertiary/aromatic N) is 2. The second kappa shape index (κ2) is 5.58. The molecule has 0 amide bonds. The Hall–Kier alpha value is -1.33. The van der Waals surface area contributed by atoms with Crippen LogP contribution in [-0.2, 0) is 6.54 Å². The molecule has 0 saturated heterocycles. The number of nitrogens with two attached hydrogens (primary N) is 1. The molecule has 2 atom stereocenters. The molecule has 1 aromatic carbocycles. The summed E-state index contributed by atoms with van der Waals surface area (Å²) in [6.07, 6.45) is 2.75. The number of hydrogen-bond acceptors (Lipinski definition) is 3. The fourth-order valence-corrected chi connectivity index (χ4v) is 3.45. The van der Waals surface area contributed by atoms with E-state index in [1.807, 2.05) is 29.1 Å². The van der Waals surface area contributed by atoms with Gasteiger partial charge in [0, 0.05) is 12.5 Å². The van der Waals surface area contributed by atoms with Gasteiger partial charge in [-0.25, -0.2) is 0 Å². The Bertz CT molecular complexity index is 611. The Morgan fingerprint density at radius 3 is 3.10 bits per heavy atom. The highest BCUT2D eigenvalue weighted by Crippen LogP contribution is 2.41. The standard InChI is InChI=1S/C15H18BrN3O/c1-2-19-15(12(16)9-18-19)14(17)11-7-8-20-13-6-4-3-5-10(11)13/h3-6,9,11,14H,2,7-8,17H2,1H3. The molecule has 2 heterocycles. The predicted octanol–water partition coefficient (Wildman–Crippen LogP) is 3.23. The molecule has 3 rings (SSSR count). The lowest BCUT2D eigenvalue weighted by atomic mass is 9.85. The fourth-order valence-electron chi connectivity index (χ4n) is 2.89. The average molecular weight is 336 g/mol. The van der Waals surface area contributed by atoms with E-state index in [2.05, 4.69) is 34.0 Å². The lowest BCUT2D eigenvalue weighted by Gasteiger charge is -2.30. The van der Waals surface area contributed by atoms with Crippen LogP contribution in [0.3, 0.4) is 0 Å². The molecule has 2 unspecified atom stereocenters. The minimum absolute atomic E-state index is 0.0862. The van der Waals surface area contributed by atoms with E-state index in [1.165, 1.54) is 5.56 Å². The van der Waals surface area contributed by atoms with Crippen LogP contribution < -0.4 is 10.5 Å². The smallest absolute Gasteiger partial charge is 0.122 e. The van der Waals surface area contributed by atoms with Crippen LogP contribution in [0.15, 0.2) is 34.9 Å². The molecule has 1 aromatic heterocycles. The monoisotopic (exact) mass is 335 g/mol. The van der Waals surface area contributed by atoms with Crippen LogP contribution in [0.4, 0.5) is 0 Å². The highest BCUT2D eigenvalue weighted by atomic mass is 79.9. The summed E-state index contributed by atoms with van der Waals surface area (Å²) in [6, 6.07) is 8.08. The van der Waals surface area contributed by atoms with Crippen LogP contribution in [0.2, 0.25) is 0 Å². The van der Waals surface area contributed by atoms with E-state index >= 15 is 0 Å². The Kier molecular flexibility index (Phi) is 3.81. The van der Waals surface area contributed by atoms with Crippen molar-refractivity contribution in [2.45, 2.75) is 31.8 Å². The van der Waals surface area contributed by atoms with Crippen LogP contribution in [-0.4, -0.2) is 16.4 Å². The first-order chi connectivity index (χ1) is 9.72. The van der Waals surface area contributed by atoms with E-state index < -0.39 is 0 Å². The van der Waals surface area contributed by atoms with Gasteiger partial charge in [0.1, 0.15) is 5.75 Å². The summed E-state index contributed by atoms with van der Waals surface area (Å²) in [6.45, 7) is 3.61. The molecule has 2 aromatic rings. The molecule has 4 nitrogen and oxygen atoms in total. The molecule has 0 spiro atoms. The van der Waals surface area contributed by atoms with Gasteiger partial charge >= 0.3 is 0 Å². The summed E-state index contributed by atoms with van der Waals surface area (Å²) >= 11 is 3.57. The molecule has 0 saturated carbocycles. The normalized spacial score (nSPS) is 19.2. The Morgan fingerprint density at radius 2 is 2.30 bits per heavy atom. The van der Waals surface area contributed by atoms with Crippen molar-refractivity contribution >= 4 is 15.9 Å². The van der Waals surface area contributed by atoms with E-state index in [9.17, 15) is 0 Å². The highest BCUT2D eigenvalue weighted by Gasteiger charge is 2.30. The SMILES string of the molecule is CCn1ncc(Br)c1C(N)C1CCOc2ccccc21. The van der Waals surface area contributed by atoms with Crippen molar-refractivity contribution in [3.8, 4) is 5.75 Å². The van der Waals surface area contributed by atoms with Gasteiger partial charge in [0.15, 0.2) is 0 Å². The van der Waals surface area contributed by atoms with Crippen molar-refractivity contribution in [2.24, 2.45) is 5.73 Å². The molecular formula is C15H18BrN3O. The van der Waals surface area contributed by atoms with E-state index in [4.69, 9.17) is 10.5 Å². The quantitative estimate of drug-likeness (QED) is 0.936. The molecule has 2 N–H and O–H groups in total. The van der Waals surface area contributed by atoms with Crippen LogP contribution in [0.5, 0.6) is 5.75 Å². The van der Waals surface area contributed by atoms with Gasteiger partial charge < -0.3 is 10.5 Å². The molecule has 0 bridgehead atoms. The van der Waals surface area contributed by atoms with Crippen molar-refractivity contribution in [1.82, 2.24) is 9.78 Å². The average Bonchev–Trinajstić information content (AvgIpc) is 2.87. The third-order valence-corrected chi connectivity index (χ3v) is 4.50. The molecule has 0 aliphatic carbocycles. The van der Waals surface area contributed by atoms with E-state index in [0.29, 0.717) is 6.61 Å². The van der Waals surface area contributed by atoms with E-state index in [1.54, 1.807) is 0 Å². The van der Waals surface area contributed by atoms with Crippen molar-refractivity contribution in [3.63, 3.8) is 0 Å². The van der Waals surface area contributed by atoms with Crippen LogP contribution >= 0.6 is 15.9 Å². The van der Waals surface area contributed by atoms with Crippen molar-refractivity contribution < 1.29 is 4.74 Å². The summed E-state index contributed by atoms with van der Waals surface area (Å²) in [5.41, 5.74) is 8.82. The van der Waals surface area contributed by atoms with Crippen molar-refractivity contribution in [2.75, 3.05) is 6.61 Å². The third-order valence-electron chi connectivity index (χ3n) is 3.89. The molecule has 106 valence electrons. The maximum atomic E-state index is 6.56. The number of hydrogen-bond donors (Lipinski definition) is 1. The second-order valence-corrected chi connectivity index (χ2v) is 5.86. The molecule has 1 aliphatic rings. The van der Waals surface area contributed by atoms with Gasteiger partial charge in [-0.1, -0.05) is 18.2 Å². The number of aromatic nitrogens is 2. The summed E-state index contributed by atoms with van der Waals surface area (Å²) in [7, 11) is 0. The molecule has 0 fully saturated rings. The first-order valence-corrected chi connectivity index (χ1v) is 7.70. The maximum Gasteiger partial charge on any atom is 0.122 e. The number of rotatable bonds is 3. The fraction of sp³-hybridized carbons (Fsp3) is 0.400. The number of aryl methyl sites for hydroxylation is 1. The molecule has 0 radical (unpaired) electrons. The molecular weight excluding hydrogens is 318 g/mol. The van der Waals surface area contributed by atoms with Gasteiger partial charge in [0.2, 0.25) is 0 Å². The molecule has 20 heavy (non-hydrogen) atoms. The van der Waals surface area contributed by atoms with Gasteiger partial charge in [-0.15, -0.1) is 0 Å². The zero-order valence-corrected chi connectivity index (χ0v) is 13.0. The number of para-hydroxylation sites is 1. The van der Waals surface area contributed by atoms with Crippen LogP contribution in [0, 0.1) is 0 Å². The lowest BCUT2D eigenvalue weighted by molar-refractivity contribution is 0.253. The zero-order valence-electron chi connectivity index (χ0n) is 11.4. The van der Waals surface area contributed by atoms with Gasteiger partial charge in [-0.3, -0.25) is 4.68 Å². The number of halogens is 1. The number of benzene rings is 1. The summed E-state index contributed by atoms with van der Waals surface area (Å²) in [4.78, 5) is 0. The van der Waals surface area contributed by atoms with E-state index in [0.717, 1.165) is 28.9 Å². The summed E-state index contributed by atoms with van der Waals surface area (Å²) < 4.78 is 8.67. The zero-order chi connectivity index (χ0) is 14.1. The van der Waals surface area contributed by atoms with Gasteiger partial charge in [0.25, 0.3) is 0 Å². The summed E-state index contributed by atoms with van der Waals surface area (Å²) in [5.74, 6) is 1.22. The number of ether oxygens (including phenoxy) is 1. The second-order valence-electron chi connectivity index (χ2n) is 5.00. The van der Waals surface area contributed by atoms with Gasteiger partial charge in [-0.05, 0) is 40.9 Å². The lowest BCUT2D eigenvalue weighted by Crippen LogP contribution is -2.27. The van der Waals surface area contributed by atoms with Gasteiger partial charge in [0.05, 0.1) is 29.0 Å². The number of fused-ring (bicyclic) bond motifs is 1. The van der Waals surface area contributed by atoms with Crippen LogP contribution in [0.1, 0.15) is 36.6 Å². The summed E-state index contributed by atoms with van der Waals surface area (Å²) in [5, 5.41) is 4.36. The molecule has 5 heteroatoms. The largest absolute Gasteiger partial charge is 0.493 e. The van der Waals surface area contributed by atoms with Crippen LogP contribution in [0.25, 0.3) is 0 Å². The van der Waals surface area contributed by atoms with Crippen molar-refractivity contribution in [3.05, 3.63) is 46.2 Å². The Labute approximate surface area is 127 Å². The Balaban J connectivity index is 1.99. The highest BCUT2D eigenvalue weighted by molar-refractivity contribution is 9.10. The predicted molar refractivity (Wildman–Crippen MR) is 81.8 cm³/mol. The maximum absolute atomic E-state index is 6.56. The first kappa shape index (κ1) is 13.6. The van der Waals surface area contributed by atoms with Gasteiger partial charge in [-0.2, -0.15) is 5.10 Å². The minimum atomic E-state index is -0.0862.